The van der Waals surface area contributed by atoms with E-state index < -0.39 is 5.91 Å². The largest absolute Gasteiger partial charge is 0.459 e. The van der Waals surface area contributed by atoms with E-state index in [4.69, 9.17) is 4.42 Å². The van der Waals surface area contributed by atoms with Crippen molar-refractivity contribution in [1.82, 2.24) is 5.32 Å². The molecule has 0 bridgehead atoms. The second kappa shape index (κ2) is 9.64. The zero-order valence-electron chi connectivity index (χ0n) is 14.7. The van der Waals surface area contributed by atoms with Gasteiger partial charge in [0.25, 0.3) is 11.8 Å². The van der Waals surface area contributed by atoms with E-state index in [1.54, 1.807) is 48.2 Å². The van der Waals surface area contributed by atoms with Crippen LogP contribution in [0, 0.1) is 0 Å². The molecule has 2 aromatic carbocycles. The van der Waals surface area contributed by atoms with Crippen molar-refractivity contribution in [3.63, 3.8) is 0 Å². The summed E-state index contributed by atoms with van der Waals surface area (Å²) in [6, 6.07) is 20.3. The van der Waals surface area contributed by atoms with Gasteiger partial charge in [0, 0.05) is 18.1 Å². The molecule has 1 aromatic heterocycles. The molecule has 0 unspecified atom stereocenters. The molecule has 0 saturated heterocycles. The van der Waals surface area contributed by atoms with Crippen molar-refractivity contribution < 1.29 is 14.0 Å². The first-order valence-electron chi connectivity index (χ1n) is 8.58. The lowest BCUT2D eigenvalue weighted by Gasteiger charge is -2.11. The molecule has 0 aliphatic carbocycles. The Morgan fingerprint density at radius 3 is 2.44 bits per heavy atom. The van der Waals surface area contributed by atoms with Gasteiger partial charge < -0.3 is 15.1 Å². The van der Waals surface area contributed by atoms with Crippen LogP contribution in [0.4, 0.5) is 5.69 Å². The number of carbonyl (C=O) groups is 2. The van der Waals surface area contributed by atoms with E-state index in [2.05, 4.69) is 22.8 Å². The Kier molecular flexibility index (Phi) is 6.71. The first kappa shape index (κ1) is 18.8. The second-order valence-corrected chi connectivity index (χ2v) is 6.88. The fourth-order valence-electron chi connectivity index (χ4n) is 2.48. The van der Waals surface area contributed by atoms with E-state index in [1.807, 2.05) is 18.2 Å². The molecule has 2 amide bonds. The summed E-state index contributed by atoms with van der Waals surface area (Å²) in [7, 11) is 0. The molecule has 2 N–H and O–H groups in total. The number of hydrogen-bond acceptors (Lipinski definition) is 4. The number of nitrogens with one attached hydrogen (secondary N) is 2. The minimum Gasteiger partial charge on any atom is -0.459 e. The van der Waals surface area contributed by atoms with Gasteiger partial charge in [-0.15, -0.1) is 0 Å². The lowest BCUT2D eigenvalue weighted by molar-refractivity contribution is 0.0957. The van der Waals surface area contributed by atoms with Gasteiger partial charge in [0.1, 0.15) is 0 Å². The maximum atomic E-state index is 12.5. The Bertz CT molecular complexity index is 879. The van der Waals surface area contributed by atoms with Crippen LogP contribution in [0.25, 0.3) is 0 Å². The third-order valence-corrected chi connectivity index (χ3v) is 4.84. The molecule has 0 aliphatic heterocycles. The molecule has 3 aromatic rings. The second-order valence-electron chi connectivity index (χ2n) is 5.77. The van der Waals surface area contributed by atoms with Gasteiger partial charge in [-0.2, -0.15) is 11.8 Å². The molecule has 0 aliphatic rings. The summed E-state index contributed by atoms with van der Waals surface area (Å²) in [5, 5.41) is 5.62. The fraction of sp³-hybridized carbons (Fsp3) is 0.143. The standard InChI is InChI=1S/C21H20N2O3S/c24-20(22-12-14-27-15-16-7-2-1-3-8-16)17-9-4-5-10-18(17)23-21(25)19-11-6-13-26-19/h1-11,13H,12,14-15H2,(H,22,24)(H,23,25). The highest BCUT2D eigenvalue weighted by Gasteiger charge is 2.15. The first-order valence-corrected chi connectivity index (χ1v) is 9.73. The first-order chi connectivity index (χ1) is 13.2. The van der Waals surface area contributed by atoms with Gasteiger partial charge in [-0.3, -0.25) is 9.59 Å². The molecule has 27 heavy (non-hydrogen) atoms. The summed E-state index contributed by atoms with van der Waals surface area (Å²) in [5.74, 6) is 1.31. The maximum absolute atomic E-state index is 12.5. The van der Waals surface area contributed by atoms with Crippen molar-refractivity contribution >= 4 is 29.3 Å². The number of amides is 2. The number of rotatable bonds is 8. The van der Waals surface area contributed by atoms with Crippen molar-refractivity contribution in [1.29, 1.82) is 0 Å². The van der Waals surface area contributed by atoms with E-state index in [1.165, 1.54) is 11.8 Å². The zero-order chi connectivity index (χ0) is 18.9. The number of benzene rings is 2. The van der Waals surface area contributed by atoms with Crippen molar-refractivity contribution in [2.24, 2.45) is 0 Å². The molecule has 0 radical (unpaired) electrons. The molecule has 0 saturated carbocycles. The number of anilines is 1. The highest BCUT2D eigenvalue weighted by molar-refractivity contribution is 7.98. The van der Waals surface area contributed by atoms with Crippen LogP contribution in [-0.4, -0.2) is 24.1 Å². The van der Waals surface area contributed by atoms with Crippen LogP contribution in [0.3, 0.4) is 0 Å². The summed E-state index contributed by atoms with van der Waals surface area (Å²) in [5.41, 5.74) is 2.14. The third kappa shape index (κ3) is 5.49. The van der Waals surface area contributed by atoms with Crippen molar-refractivity contribution in [3.8, 4) is 0 Å². The predicted molar refractivity (Wildman–Crippen MR) is 108 cm³/mol. The van der Waals surface area contributed by atoms with Crippen molar-refractivity contribution in [2.75, 3.05) is 17.6 Å². The molecule has 138 valence electrons. The van der Waals surface area contributed by atoms with E-state index in [0.29, 0.717) is 17.8 Å². The number of hydrogen-bond donors (Lipinski definition) is 2. The molecule has 0 spiro atoms. The lowest BCUT2D eigenvalue weighted by atomic mass is 10.1. The number of carbonyl (C=O) groups excluding carboxylic acids is 2. The Balaban J connectivity index is 1.50. The van der Waals surface area contributed by atoms with Crippen LogP contribution in [0.5, 0.6) is 0 Å². The number of para-hydroxylation sites is 1. The summed E-state index contributed by atoms with van der Waals surface area (Å²) in [6.45, 7) is 0.552. The highest BCUT2D eigenvalue weighted by atomic mass is 32.2. The Morgan fingerprint density at radius 1 is 0.889 bits per heavy atom. The average molecular weight is 380 g/mol. The van der Waals surface area contributed by atoms with E-state index in [0.717, 1.165) is 11.5 Å². The summed E-state index contributed by atoms with van der Waals surface area (Å²) in [4.78, 5) is 24.6. The average Bonchev–Trinajstić information content (AvgIpc) is 3.24. The van der Waals surface area contributed by atoms with Crippen LogP contribution in [-0.2, 0) is 5.75 Å². The SMILES string of the molecule is O=C(Nc1ccccc1C(=O)NCCSCc1ccccc1)c1ccco1. The highest BCUT2D eigenvalue weighted by Crippen LogP contribution is 2.17. The van der Waals surface area contributed by atoms with Crippen LogP contribution >= 0.6 is 11.8 Å². The normalized spacial score (nSPS) is 10.4. The number of thioether (sulfide) groups is 1. The van der Waals surface area contributed by atoms with Gasteiger partial charge in [-0.1, -0.05) is 42.5 Å². The fourth-order valence-corrected chi connectivity index (χ4v) is 3.30. The van der Waals surface area contributed by atoms with Gasteiger partial charge in [0.05, 0.1) is 17.5 Å². The topological polar surface area (TPSA) is 71.3 Å². The van der Waals surface area contributed by atoms with E-state index in [-0.39, 0.29) is 11.7 Å². The quantitative estimate of drug-likeness (QED) is 0.575. The molecule has 6 heteroatoms. The van der Waals surface area contributed by atoms with E-state index in [9.17, 15) is 9.59 Å². The van der Waals surface area contributed by atoms with Gasteiger partial charge >= 0.3 is 0 Å². The molecule has 1 heterocycles. The Labute approximate surface area is 162 Å². The molecule has 5 nitrogen and oxygen atoms in total. The molecular weight excluding hydrogens is 360 g/mol. The predicted octanol–water partition coefficient (Wildman–Crippen LogP) is 4.20. The molecule has 0 fully saturated rings. The third-order valence-electron chi connectivity index (χ3n) is 3.81. The van der Waals surface area contributed by atoms with E-state index >= 15 is 0 Å². The smallest absolute Gasteiger partial charge is 0.291 e. The molecular formula is C21H20N2O3S. The maximum Gasteiger partial charge on any atom is 0.291 e. The monoisotopic (exact) mass is 380 g/mol. The summed E-state index contributed by atoms with van der Waals surface area (Å²) < 4.78 is 5.08. The van der Waals surface area contributed by atoms with Crippen LogP contribution in [0.2, 0.25) is 0 Å². The van der Waals surface area contributed by atoms with Crippen LogP contribution < -0.4 is 10.6 Å². The Morgan fingerprint density at radius 2 is 1.67 bits per heavy atom. The molecule has 0 atom stereocenters. The summed E-state index contributed by atoms with van der Waals surface area (Å²) in [6.07, 6.45) is 1.43. The van der Waals surface area contributed by atoms with Gasteiger partial charge in [-0.25, -0.2) is 0 Å². The van der Waals surface area contributed by atoms with Crippen molar-refractivity contribution in [2.45, 2.75) is 5.75 Å². The van der Waals surface area contributed by atoms with Gasteiger partial charge in [0.2, 0.25) is 0 Å². The van der Waals surface area contributed by atoms with Crippen molar-refractivity contribution in [3.05, 3.63) is 89.9 Å². The molecule has 3 rings (SSSR count). The van der Waals surface area contributed by atoms with Gasteiger partial charge in [-0.05, 0) is 29.8 Å². The number of furan rings is 1. The van der Waals surface area contributed by atoms with Gasteiger partial charge in [0.15, 0.2) is 5.76 Å². The minimum atomic E-state index is -0.390. The minimum absolute atomic E-state index is 0.197. The zero-order valence-corrected chi connectivity index (χ0v) is 15.5. The van der Waals surface area contributed by atoms with Crippen LogP contribution in [0.1, 0.15) is 26.5 Å². The Hall–Kier alpha value is -2.99. The summed E-state index contributed by atoms with van der Waals surface area (Å²) >= 11 is 1.76. The van der Waals surface area contributed by atoms with Crippen LogP contribution in [0.15, 0.2) is 77.4 Å². The lowest BCUT2D eigenvalue weighted by Crippen LogP contribution is -2.27.